The monoisotopic (exact) mass is 417 g/mol. The molecule has 1 heterocycles. The van der Waals surface area contributed by atoms with E-state index in [0.717, 1.165) is 30.0 Å². The normalized spacial score (nSPS) is 30.5. The maximum Gasteiger partial charge on any atom is 0.230 e. The maximum absolute atomic E-state index is 12.5. The van der Waals surface area contributed by atoms with Crippen molar-refractivity contribution in [3.8, 4) is 5.69 Å². The summed E-state index contributed by atoms with van der Waals surface area (Å²) in [5.74, 6) is 3.09. The molecule has 28 heavy (non-hydrogen) atoms. The molecule has 1 aromatic heterocycles. The van der Waals surface area contributed by atoms with E-state index in [1.54, 1.807) is 16.8 Å². The predicted molar refractivity (Wildman–Crippen MR) is 109 cm³/mol. The Morgan fingerprint density at radius 3 is 2.43 bits per heavy atom. The van der Waals surface area contributed by atoms with Crippen LogP contribution in [0.1, 0.15) is 38.5 Å². The van der Waals surface area contributed by atoms with Crippen molar-refractivity contribution in [2.24, 2.45) is 23.2 Å². The molecule has 6 nitrogen and oxygen atoms in total. The maximum atomic E-state index is 12.5. The summed E-state index contributed by atoms with van der Waals surface area (Å²) in [5.41, 5.74) is 1.19. The number of nitrogens with one attached hydrogen (secondary N) is 1. The van der Waals surface area contributed by atoms with Crippen molar-refractivity contribution in [1.29, 1.82) is 0 Å². The van der Waals surface area contributed by atoms with Gasteiger partial charge in [0.25, 0.3) is 0 Å². The van der Waals surface area contributed by atoms with Crippen molar-refractivity contribution >= 4 is 29.3 Å². The summed E-state index contributed by atoms with van der Waals surface area (Å²) in [7, 11) is 0. The molecule has 4 bridgehead atoms. The lowest BCUT2D eigenvalue weighted by atomic mass is 9.49. The number of hydrogen-bond donors (Lipinski definition) is 1. The summed E-state index contributed by atoms with van der Waals surface area (Å²) in [6.07, 6.45) is 8.20. The Morgan fingerprint density at radius 2 is 1.79 bits per heavy atom. The van der Waals surface area contributed by atoms with Gasteiger partial charge in [-0.05, 0) is 96.4 Å². The second kappa shape index (κ2) is 7.34. The molecule has 148 valence electrons. The third-order valence-corrected chi connectivity index (χ3v) is 7.84. The second-order valence-corrected chi connectivity index (χ2v) is 10.2. The Labute approximate surface area is 173 Å². The lowest BCUT2D eigenvalue weighted by molar-refractivity contribution is -0.120. The average molecular weight is 418 g/mol. The first kappa shape index (κ1) is 18.4. The number of carbonyl (C=O) groups is 1. The first-order valence-electron chi connectivity index (χ1n) is 10.0. The summed E-state index contributed by atoms with van der Waals surface area (Å²) in [6.45, 7) is 0.831. The number of hydrogen-bond acceptors (Lipinski definition) is 5. The molecule has 4 aliphatic carbocycles. The van der Waals surface area contributed by atoms with Gasteiger partial charge in [0.15, 0.2) is 0 Å². The molecule has 0 atom stereocenters. The van der Waals surface area contributed by atoms with Crippen LogP contribution in [0, 0.1) is 23.2 Å². The Hall–Kier alpha value is -1.60. The zero-order valence-electron chi connectivity index (χ0n) is 15.7. The van der Waals surface area contributed by atoms with Crippen LogP contribution in [0.4, 0.5) is 0 Å². The van der Waals surface area contributed by atoms with Gasteiger partial charge in [-0.25, -0.2) is 0 Å². The summed E-state index contributed by atoms with van der Waals surface area (Å²) in [5, 5.41) is 16.3. The number of carbonyl (C=O) groups excluding carboxylic acids is 1. The van der Waals surface area contributed by atoms with Gasteiger partial charge in [-0.2, -0.15) is 4.68 Å². The fraction of sp³-hybridized carbons (Fsp3) is 0.600. The summed E-state index contributed by atoms with van der Waals surface area (Å²) < 4.78 is 1.63. The molecule has 1 N–H and O–H groups in total. The number of aromatic nitrogens is 4. The molecule has 0 saturated heterocycles. The quantitative estimate of drug-likeness (QED) is 0.725. The Bertz CT molecular complexity index is 832. The van der Waals surface area contributed by atoms with E-state index < -0.39 is 0 Å². The van der Waals surface area contributed by atoms with Crippen LogP contribution in [0.5, 0.6) is 0 Å². The van der Waals surface area contributed by atoms with E-state index in [2.05, 4.69) is 20.8 Å². The topological polar surface area (TPSA) is 72.7 Å². The van der Waals surface area contributed by atoms with E-state index in [1.165, 1.54) is 50.3 Å². The van der Waals surface area contributed by atoms with Gasteiger partial charge in [-0.3, -0.25) is 4.79 Å². The first-order valence-corrected chi connectivity index (χ1v) is 11.4. The molecule has 6 rings (SSSR count). The van der Waals surface area contributed by atoms with Crippen LogP contribution >= 0.6 is 23.4 Å². The average Bonchev–Trinajstić information content (AvgIpc) is 3.13. The minimum absolute atomic E-state index is 0.0615. The van der Waals surface area contributed by atoms with E-state index in [1.807, 2.05) is 12.1 Å². The van der Waals surface area contributed by atoms with Crippen LogP contribution in [0.3, 0.4) is 0 Å². The highest BCUT2D eigenvalue weighted by Gasteiger charge is 2.50. The molecule has 8 heteroatoms. The van der Waals surface area contributed by atoms with E-state index >= 15 is 0 Å². The van der Waals surface area contributed by atoms with Crippen LogP contribution in [0.2, 0.25) is 5.02 Å². The highest BCUT2D eigenvalue weighted by Crippen LogP contribution is 2.59. The van der Waals surface area contributed by atoms with Gasteiger partial charge in [0, 0.05) is 11.6 Å². The minimum Gasteiger partial charge on any atom is -0.355 e. The number of nitrogens with zero attached hydrogens (tertiary/aromatic N) is 4. The standard InChI is InChI=1S/C20H24ClN5OS/c21-16-1-3-17(4-2-16)26-19(23-24-25-26)28-11-18(27)22-12-20-8-13-5-14(9-20)7-15(6-13)10-20/h1-4,13-15H,5-12H2,(H,22,27). The number of tetrazole rings is 1. The van der Waals surface area contributed by atoms with Gasteiger partial charge < -0.3 is 5.32 Å². The predicted octanol–water partition coefficient (Wildman–Crippen LogP) is 3.74. The fourth-order valence-electron chi connectivity index (χ4n) is 5.99. The highest BCUT2D eigenvalue weighted by atomic mass is 35.5. The van der Waals surface area contributed by atoms with Crippen LogP contribution < -0.4 is 5.32 Å². The summed E-state index contributed by atoms with van der Waals surface area (Å²) >= 11 is 7.30. The lowest BCUT2D eigenvalue weighted by Gasteiger charge is -2.56. The molecular formula is C20H24ClN5OS. The molecule has 4 fully saturated rings. The van der Waals surface area contributed by atoms with E-state index in [4.69, 9.17) is 11.6 Å². The molecule has 1 aromatic carbocycles. The summed E-state index contributed by atoms with van der Waals surface area (Å²) in [4.78, 5) is 12.5. The number of thioether (sulfide) groups is 1. The van der Waals surface area contributed by atoms with Crippen molar-refractivity contribution in [1.82, 2.24) is 25.5 Å². The molecule has 0 spiro atoms. The molecule has 2 aromatic rings. The smallest absolute Gasteiger partial charge is 0.230 e. The Morgan fingerprint density at radius 1 is 1.14 bits per heavy atom. The second-order valence-electron chi connectivity index (χ2n) is 8.83. The van der Waals surface area contributed by atoms with Crippen LogP contribution in [-0.4, -0.2) is 38.4 Å². The zero-order valence-corrected chi connectivity index (χ0v) is 17.3. The van der Waals surface area contributed by atoms with E-state index in [-0.39, 0.29) is 5.91 Å². The highest BCUT2D eigenvalue weighted by molar-refractivity contribution is 7.99. The summed E-state index contributed by atoms with van der Waals surface area (Å²) in [6, 6.07) is 7.31. The van der Waals surface area contributed by atoms with Crippen molar-refractivity contribution in [3.63, 3.8) is 0 Å². The third-order valence-electron chi connectivity index (χ3n) is 6.67. The number of halogens is 1. The zero-order chi connectivity index (χ0) is 19.1. The SMILES string of the molecule is O=C(CSc1nnnn1-c1ccc(Cl)cc1)NCC12CC3CC(CC(C3)C1)C2. The van der Waals surface area contributed by atoms with Gasteiger partial charge in [0.05, 0.1) is 11.4 Å². The van der Waals surface area contributed by atoms with Gasteiger partial charge in [-0.1, -0.05) is 23.4 Å². The molecular weight excluding hydrogens is 394 g/mol. The fourth-order valence-corrected chi connectivity index (χ4v) is 6.83. The Balaban J connectivity index is 1.17. The van der Waals surface area contributed by atoms with Crippen molar-refractivity contribution in [2.45, 2.75) is 43.7 Å². The lowest BCUT2D eigenvalue weighted by Crippen LogP contribution is -2.51. The van der Waals surface area contributed by atoms with E-state index in [9.17, 15) is 4.79 Å². The molecule has 4 aliphatic rings. The van der Waals surface area contributed by atoms with Gasteiger partial charge in [-0.15, -0.1) is 5.10 Å². The minimum atomic E-state index is 0.0615. The molecule has 0 unspecified atom stereocenters. The largest absolute Gasteiger partial charge is 0.355 e. The van der Waals surface area contributed by atoms with Crippen molar-refractivity contribution in [3.05, 3.63) is 29.3 Å². The van der Waals surface area contributed by atoms with Crippen molar-refractivity contribution in [2.75, 3.05) is 12.3 Å². The van der Waals surface area contributed by atoms with Crippen molar-refractivity contribution < 1.29 is 4.79 Å². The van der Waals surface area contributed by atoms with Gasteiger partial charge in [0.1, 0.15) is 0 Å². The molecule has 4 saturated carbocycles. The van der Waals surface area contributed by atoms with Crippen LogP contribution in [0.25, 0.3) is 5.69 Å². The number of rotatable bonds is 6. The number of benzene rings is 1. The van der Waals surface area contributed by atoms with Crippen LogP contribution in [0.15, 0.2) is 29.4 Å². The number of amides is 1. The molecule has 1 amide bonds. The third kappa shape index (κ3) is 3.66. The van der Waals surface area contributed by atoms with Gasteiger partial charge in [0.2, 0.25) is 11.1 Å². The molecule has 0 radical (unpaired) electrons. The first-order chi connectivity index (χ1) is 13.6. The van der Waals surface area contributed by atoms with E-state index in [0.29, 0.717) is 21.3 Å². The molecule has 0 aliphatic heterocycles. The Kier molecular flexibility index (Phi) is 4.83. The van der Waals surface area contributed by atoms with Crippen LogP contribution in [-0.2, 0) is 4.79 Å². The van der Waals surface area contributed by atoms with Gasteiger partial charge >= 0.3 is 0 Å².